The van der Waals surface area contributed by atoms with Crippen LogP contribution in [-0.2, 0) is 25.8 Å². The van der Waals surface area contributed by atoms with E-state index in [1.807, 2.05) is 46.6 Å². The molecule has 0 radical (unpaired) electrons. The van der Waals surface area contributed by atoms with Crippen LogP contribution in [0.2, 0.25) is 0 Å². The van der Waals surface area contributed by atoms with E-state index in [2.05, 4.69) is 15.5 Å². The van der Waals surface area contributed by atoms with Gasteiger partial charge in [0.15, 0.2) is 10.8 Å². The molecular weight excluding hydrogens is 506 g/mol. The van der Waals surface area contributed by atoms with E-state index >= 15 is 0 Å². The van der Waals surface area contributed by atoms with Crippen LogP contribution in [0.1, 0.15) is 11.3 Å². The molecule has 0 saturated carbocycles. The first-order valence-corrected chi connectivity index (χ1v) is 12.7. The summed E-state index contributed by atoms with van der Waals surface area (Å²) >= 11 is 2.50. The highest BCUT2D eigenvalue weighted by molar-refractivity contribution is 8.00. The number of carbonyl (C=O) groups is 3. The molecule has 1 saturated heterocycles. The number of nitrogens with one attached hydrogen (secondary N) is 1. The first-order chi connectivity index (χ1) is 17.3. The normalized spacial score (nSPS) is 19.8. The standard InChI is InChI=1S/C22H21N7O5S2/c1-11-3-4-14-27(7-11)5-6-28(14)8-12-9-35-20-16(19(31)29(20)17(12)21(32)33)25-18(30)15(26-34-2)13-10-36-22(23)24-13/h3-7,10,16,20H,8-9H2,1-2H3,(H3-,23,24,25,30,32,33)/b26-15-/t16-,20-/m1/s1. The van der Waals surface area contributed by atoms with Gasteiger partial charge < -0.3 is 25.8 Å². The number of imidazole rings is 1. The van der Waals surface area contributed by atoms with Crippen molar-refractivity contribution in [1.29, 1.82) is 0 Å². The quantitative estimate of drug-likeness (QED) is 0.172. The molecule has 3 N–H and O–H groups in total. The lowest BCUT2D eigenvalue weighted by Crippen LogP contribution is -2.71. The summed E-state index contributed by atoms with van der Waals surface area (Å²) in [7, 11) is 1.28. The van der Waals surface area contributed by atoms with Crippen molar-refractivity contribution >= 4 is 57.4 Å². The van der Waals surface area contributed by atoms with Gasteiger partial charge in [-0.25, -0.2) is 14.0 Å². The minimum absolute atomic E-state index is 0.138. The fourth-order valence-electron chi connectivity index (χ4n) is 4.25. The van der Waals surface area contributed by atoms with Crippen molar-refractivity contribution in [1.82, 2.24) is 19.8 Å². The zero-order chi connectivity index (χ0) is 25.6. The Balaban J connectivity index is 1.37. The highest BCUT2D eigenvalue weighted by Crippen LogP contribution is 2.40. The maximum absolute atomic E-state index is 13.0. The van der Waals surface area contributed by atoms with Gasteiger partial charge in [0.2, 0.25) is 0 Å². The number of anilines is 1. The van der Waals surface area contributed by atoms with Gasteiger partial charge in [-0.05, 0) is 18.6 Å². The second-order valence-corrected chi connectivity index (χ2v) is 10.2. The van der Waals surface area contributed by atoms with Crippen LogP contribution < -0.4 is 20.6 Å². The molecule has 2 aliphatic heterocycles. The first-order valence-electron chi connectivity index (χ1n) is 10.8. The summed E-state index contributed by atoms with van der Waals surface area (Å²) in [4.78, 5) is 48.0. The van der Waals surface area contributed by atoms with Gasteiger partial charge in [0.25, 0.3) is 17.5 Å². The molecule has 12 nitrogen and oxygen atoms in total. The third-order valence-electron chi connectivity index (χ3n) is 5.85. The van der Waals surface area contributed by atoms with Gasteiger partial charge in [-0.2, -0.15) is 0 Å². The smallest absolute Gasteiger partial charge is 0.286 e. The first kappa shape index (κ1) is 23.8. The third kappa shape index (κ3) is 4.07. The Morgan fingerprint density at radius 1 is 1.42 bits per heavy atom. The number of aliphatic carboxylic acids is 1. The Bertz CT molecular complexity index is 1460. The van der Waals surface area contributed by atoms with Crippen molar-refractivity contribution in [3.05, 3.63) is 58.6 Å². The van der Waals surface area contributed by atoms with Crippen molar-refractivity contribution in [3.8, 4) is 0 Å². The monoisotopic (exact) mass is 527 g/mol. The maximum atomic E-state index is 13.0. The number of rotatable bonds is 7. The Hall–Kier alpha value is -3.91. The molecule has 0 aliphatic carbocycles. The van der Waals surface area contributed by atoms with E-state index in [1.54, 1.807) is 5.38 Å². The molecule has 3 aromatic rings. The summed E-state index contributed by atoms with van der Waals surface area (Å²) in [6.07, 6.45) is 5.71. The van der Waals surface area contributed by atoms with Crippen LogP contribution in [0.4, 0.5) is 5.13 Å². The average molecular weight is 528 g/mol. The number of pyridine rings is 1. The number of thiazole rings is 1. The Labute approximate surface area is 213 Å². The molecular formula is C22H21N7O5S2. The Morgan fingerprint density at radius 2 is 2.22 bits per heavy atom. The number of hydrogen-bond donors (Lipinski definition) is 2. The molecule has 5 rings (SSSR count). The largest absolute Gasteiger partial charge is 0.543 e. The zero-order valence-electron chi connectivity index (χ0n) is 19.2. The summed E-state index contributed by atoms with van der Waals surface area (Å²) in [6, 6.07) is 2.98. The molecule has 186 valence electrons. The minimum atomic E-state index is -1.44. The van der Waals surface area contributed by atoms with Crippen molar-refractivity contribution in [3.63, 3.8) is 0 Å². The molecule has 0 unspecified atom stereocenters. The van der Waals surface area contributed by atoms with Crippen LogP contribution in [0.15, 0.2) is 52.5 Å². The van der Waals surface area contributed by atoms with Crippen LogP contribution in [0.3, 0.4) is 0 Å². The molecule has 0 aromatic carbocycles. The summed E-state index contributed by atoms with van der Waals surface area (Å²) in [5.41, 5.74) is 8.08. The number of carboxylic acids is 1. The van der Waals surface area contributed by atoms with E-state index in [0.29, 0.717) is 11.3 Å². The van der Waals surface area contributed by atoms with Crippen molar-refractivity contribution in [2.45, 2.75) is 24.9 Å². The van der Waals surface area contributed by atoms with Crippen LogP contribution in [-0.4, -0.2) is 62.2 Å². The number of aromatic nitrogens is 3. The molecule has 5 heterocycles. The molecule has 3 aromatic heterocycles. The van der Waals surface area contributed by atoms with Crippen LogP contribution in [0.25, 0.3) is 5.65 Å². The number of carboxylic acid groups (broad SMARTS) is 1. The fraction of sp³-hybridized carbons (Fsp3) is 0.273. The lowest BCUT2D eigenvalue weighted by Gasteiger charge is -2.50. The van der Waals surface area contributed by atoms with E-state index in [0.717, 1.165) is 22.5 Å². The molecule has 2 amide bonds. The lowest BCUT2D eigenvalue weighted by atomic mass is 10.0. The third-order valence-corrected chi connectivity index (χ3v) is 7.87. The zero-order valence-corrected chi connectivity index (χ0v) is 20.8. The Kier molecular flexibility index (Phi) is 6.14. The number of carbonyl (C=O) groups excluding carboxylic acids is 3. The SMILES string of the molecule is CO/N=C(\C(=O)N[C@@H]1C(=O)N2C(C(=O)[O-])=C(Cn3cc[n+]4cc(C)ccc34)CS[C@H]12)c1csc(N)n1. The number of thioether (sulfide) groups is 1. The summed E-state index contributed by atoms with van der Waals surface area (Å²) in [6.45, 7) is 2.26. The highest BCUT2D eigenvalue weighted by Gasteiger charge is 2.53. The van der Waals surface area contributed by atoms with Crippen molar-refractivity contribution in [2.75, 3.05) is 18.6 Å². The molecule has 2 atom stereocenters. The molecule has 2 aliphatic rings. The highest BCUT2D eigenvalue weighted by atomic mass is 32.2. The number of nitrogens with two attached hydrogens (primary N) is 1. The number of hydrogen-bond acceptors (Lipinski definition) is 10. The maximum Gasteiger partial charge on any atom is 0.286 e. The molecule has 1 fully saturated rings. The molecule has 0 spiro atoms. The summed E-state index contributed by atoms with van der Waals surface area (Å²) < 4.78 is 3.86. The van der Waals surface area contributed by atoms with Gasteiger partial charge in [0, 0.05) is 22.8 Å². The Morgan fingerprint density at radius 3 is 2.92 bits per heavy atom. The number of aryl methyl sites for hydroxylation is 1. The van der Waals surface area contributed by atoms with Crippen molar-refractivity contribution < 1.29 is 28.7 Å². The van der Waals surface area contributed by atoms with Crippen molar-refractivity contribution in [2.24, 2.45) is 5.16 Å². The second-order valence-electron chi connectivity index (χ2n) is 8.19. The topological polar surface area (TPSA) is 159 Å². The van der Waals surface area contributed by atoms with Crippen LogP contribution in [0.5, 0.6) is 0 Å². The molecule has 0 bridgehead atoms. The number of amides is 2. The second kappa shape index (κ2) is 9.28. The molecule has 14 heteroatoms. The molecule has 36 heavy (non-hydrogen) atoms. The number of β-lactam (4-membered cyclic amide) rings is 1. The van der Waals surface area contributed by atoms with Gasteiger partial charge in [-0.1, -0.05) is 5.16 Å². The fourth-order valence-corrected chi connectivity index (χ4v) is 6.13. The predicted octanol–water partition coefficient (Wildman–Crippen LogP) is -0.971. The van der Waals surface area contributed by atoms with E-state index < -0.39 is 29.2 Å². The van der Waals surface area contributed by atoms with Crippen LogP contribution >= 0.6 is 23.1 Å². The summed E-state index contributed by atoms with van der Waals surface area (Å²) in [5, 5.41) is 19.7. The van der Waals surface area contributed by atoms with E-state index in [4.69, 9.17) is 10.6 Å². The van der Waals surface area contributed by atoms with E-state index in [9.17, 15) is 19.5 Å². The minimum Gasteiger partial charge on any atom is -0.543 e. The average Bonchev–Trinajstić information content (AvgIpc) is 3.45. The number of nitrogen functional groups attached to an aromatic ring is 1. The van der Waals surface area contributed by atoms with Gasteiger partial charge >= 0.3 is 0 Å². The number of nitrogens with zero attached hydrogens (tertiary/aromatic N) is 5. The van der Waals surface area contributed by atoms with Gasteiger partial charge in [-0.15, -0.1) is 23.1 Å². The van der Waals surface area contributed by atoms with Crippen LogP contribution in [0, 0.1) is 6.92 Å². The summed E-state index contributed by atoms with van der Waals surface area (Å²) in [5.74, 6) is -2.32. The number of oxime groups is 1. The van der Waals surface area contributed by atoms with E-state index in [1.165, 1.54) is 23.8 Å². The lowest BCUT2D eigenvalue weighted by molar-refractivity contribution is -0.511. The van der Waals surface area contributed by atoms with Gasteiger partial charge in [-0.3, -0.25) is 14.5 Å². The van der Waals surface area contributed by atoms with E-state index in [-0.39, 0.29) is 28.8 Å². The predicted molar refractivity (Wildman–Crippen MR) is 129 cm³/mol. The van der Waals surface area contributed by atoms with Gasteiger partial charge in [0.1, 0.15) is 43.2 Å². The number of fused-ring (bicyclic) bond motifs is 2. The van der Waals surface area contributed by atoms with Gasteiger partial charge in [0.05, 0.1) is 17.9 Å².